The molecule has 1 nitrogen and oxygen atoms in total. The van der Waals surface area contributed by atoms with Crippen LogP contribution in [0, 0.1) is 0 Å². The van der Waals surface area contributed by atoms with Crippen molar-refractivity contribution in [2.24, 2.45) is 0 Å². The van der Waals surface area contributed by atoms with Gasteiger partial charge in [-0.15, -0.1) is 5.73 Å². The van der Waals surface area contributed by atoms with E-state index in [2.05, 4.69) is 28.2 Å². The summed E-state index contributed by atoms with van der Waals surface area (Å²) in [5, 5.41) is 0. The molecule has 0 spiro atoms. The molecule has 1 rings (SSSR count). The average Bonchev–Trinajstić information content (AvgIpc) is 2.05. The standard InChI is InChI=1S/C10H7BrO/c1-2-5-10(12)8-6-3-4-7-9(8)11/h3-7H,1H2. The van der Waals surface area contributed by atoms with Crippen LogP contribution in [0.3, 0.4) is 0 Å². The fourth-order valence-electron chi connectivity index (χ4n) is 0.831. The van der Waals surface area contributed by atoms with Crippen molar-refractivity contribution in [3.8, 4) is 0 Å². The van der Waals surface area contributed by atoms with E-state index in [1.165, 1.54) is 6.08 Å². The van der Waals surface area contributed by atoms with Gasteiger partial charge in [0.25, 0.3) is 0 Å². The molecule has 0 saturated heterocycles. The third-order valence-electron chi connectivity index (χ3n) is 1.37. The van der Waals surface area contributed by atoms with Crippen molar-refractivity contribution in [2.75, 3.05) is 0 Å². The van der Waals surface area contributed by atoms with Gasteiger partial charge in [0, 0.05) is 16.1 Å². The Bertz CT molecular complexity index is 349. The van der Waals surface area contributed by atoms with E-state index >= 15 is 0 Å². The van der Waals surface area contributed by atoms with E-state index in [4.69, 9.17) is 0 Å². The van der Waals surface area contributed by atoms with Crippen molar-refractivity contribution in [3.05, 3.63) is 52.7 Å². The third kappa shape index (κ3) is 1.94. The number of benzene rings is 1. The van der Waals surface area contributed by atoms with E-state index in [1.54, 1.807) is 6.07 Å². The predicted molar refractivity (Wildman–Crippen MR) is 52.2 cm³/mol. The van der Waals surface area contributed by atoms with Gasteiger partial charge in [-0.1, -0.05) is 34.6 Å². The lowest BCUT2D eigenvalue weighted by atomic mass is 10.1. The maximum Gasteiger partial charge on any atom is 0.194 e. The van der Waals surface area contributed by atoms with Crippen LogP contribution >= 0.6 is 15.9 Å². The number of halogens is 1. The fourth-order valence-corrected chi connectivity index (χ4v) is 1.31. The van der Waals surface area contributed by atoms with Crippen LogP contribution in [0.25, 0.3) is 0 Å². The number of hydrogen-bond acceptors (Lipinski definition) is 1. The first-order valence-corrected chi connectivity index (χ1v) is 4.19. The topological polar surface area (TPSA) is 17.1 Å². The highest BCUT2D eigenvalue weighted by Gasteiger charge is 2.04. The molecule has 0 aliphatic carbocycles. The lowest BCUT2D eigenvalue weighted by Crippen LogP contribution is -1.93. The summed E-state index contributed by atoms with van der Waals surface area (Å²) in [6.07, 6.45) is 1.32. The van der Waals surface area contributed by atoms with Gasteiger partial charge >= 0.3 is 0 Å². The average molecular weight is 223 g/mol. The van der Waals surface area contributed by atoms with Gasteiger partial charge in [-0.3, -0.25) is 4.79 Å². The minimum absolute atomic E-state index is 0.0857. The summed E-state index contributed by atoms with van der Waals surface area (Å²) in [6, 6.07) is 7.25. The van der Waals surface area contributed by atoms with E-state index in [-0.39, 0.29) is 5.78 Å². The summed E-state index contributed by atoms with van der Waals surface area (Å²) in [5.74, 6) is -0.0857. The normalized spacial score (nSPS) is 8.75. The second-order valence-corrected chi connectivity index (χ2v) is 3.05. The van der Waals surface area contributed by atoms with Gasteiger partial charge in [-0.25, -0.2) is 0 Å². The molecule has 0 fully saturated rings. The van der Waals surface area contributed by atoms with Crippen molar-refractivity contribution in [1.82, 2.24) is 0 Å². The first-order chi connectivity index (χ1) is 5.75. The quantitative estimate of drug-likeness (QED) is 0.428. The van der Waals surface area contributed by atoms with E-state index in [9.17, 15) is 4.79 Å². The van der Waals surface area contributed by atoms with Crippen molar-refractivity contribution in [2.45, 2.75) is 0 Å². The smallest absolute Gasteiger partial charge is 0.194 e. The Morgan fingerprint density at radius 2 is 2.17 bits per heavy atom. The van der Waals surface area contributed by atoms with Gasteiger partial charge in [0.15, 0.2) is 5.78 Å². The number of allylic oxidation sites excluding steroid dienone is 1. The first-order valence-electron chi connectivity index (χ1n) is 3.40. The van der Waals surface area contributed by atoms with Crippen LogP contribution in [0.4, 0.5) is 0 Å². The number of hydrogen-bond donors (Lipinski definition) is 0. The fraction of sp³-hybridized carbons (Fsp3) is 0. The van der Waals surface area contributed by atoms with E-state index in [0.717, 1.165) is 4.47 Å². The molecule has 60 valence electrons. The Hall–Kier alpha value is -1.11. The van der Waals surface area contributed by atoms with Crippen LogP contribution in [-0.2, 0) is 0 Å². The van der Waals surface area contributed by atoms with Crippen molar-refractivity contribution in [3.63, 3.8) is 0 Å². The molecular weight excluding hydrogens is 216 g/mol. The van der Waals surface area contributed by atoms with E-state index < -0.39 is 0 Å². The van der Waals surface area contributed by atoms with Crippen LogP contribution < -0.4 is 0 Å². The Morgan fingerprint density at radius 1 is 1.50 bits per heavy atom. The van der Waals surface area contributed by atoms with Crippen LogP contribution in [0.2, 0.25) is 0 Å². The molecule has 0 aliphatic heterocycles. The summed E-state index contributed by atoms with van der Waals surface area (Å²) in [4.78, 5) is 11.3. The van der Waals surface area contributed by atoms with E-state index in [1.807, 2.05) is 18.2 Å². The molecule has 12 heavy (non-hydrogen) atoms. The van der Waals surface area contributed by atoms with Gasteiger partial charge < -0.3 is 0 Å². The van der Waals surface area contributed by atoms with Crippen LogP contribution in [0.5, 0.6) is 0 Å². The number of carbonyl (C=O) groups excluding carboxylic acids is 1. The molecule has 0 aromatic heterocycles. The van der Waals surface area contributed by atoms with E-state index in [0.29, 0.717) is 5.56 Å². The molecule has 1 aromatic rings. The highest BCUT2D eigenvalue weighted by Crippen LogP contribution is 2.16. The second kappa shape index (κ2) is 4.05. The van der Waals surface area contributed by atoms with Gasteiger partial charge in [0.2, 0.25) is 0 Å². The largest absolute Gasteiger partial charge is 0.289 e. The highest BCUT2D eigenvalue weighted by molar-refractivity contribution is 9.10. The summed E-state index contributed by atoms with van der Waals surface area (Å²) in [7, 11) is 0. The summed E-state index contributed by atoms with van der Waals surface area (Å²) in [6.45, 7) is 3.34. The maximum atomic E-state index is 11.3. The van der Waals surface area contributed by atoms with Gasteiger partial charge in [-0.2, -0.15) is 0 Å². The van der Waals surface area contributed by atoms with Crippen molar-refractivity contribution in [1.29, 1.82) is 0 Å². The second-order valence-electron chi connectivity index (χ2n) is 2.19. The first kappa shape index (κ1) is 8.98. The zero-order chi connectivity index (χ0) is 8.97. The summed E-state index contributed by atoms with van der Waals surface area (Å²) >= 11 is 3.28. The third-order valence-corrected chi connectivity index (χ3v) is 2.06. The van der Waals surface area contributed by atoms with Crippen molar-refractivity contribution >= 4 is 21.7 Å². The zero-order valence-corrected chi connectivity index (χ0v) is 7.97. The van der Waals surface area contributed by atoms with Gasteiger partial charge in [0.1, 0.15) is 0 Å². The molecule has 0 saturated carbocycles. The SMILES string of the molecule is C=C=CC(=O)c1ccccc1Br. The highest BCUT2D eigenvalue weighted by atomic mass is 79.9. The molecule has 0 N–H and O–H groups in total. The Morgan fingerprint density at radius 3 is 2.75 bits per heavy atom. The summed E-state index contributed by atoms with van der Waals surface area (Å²) in [5.41, 5.74) is 3.08. The molecule has 0 amide bonds. The number of ketones is 1. The molecule has 2 heteroatoms. The Kier molecular flexibility index (Phi) is 3.03. The molecule has 0 heterocycles. The molecule has 1 aromatic carbocycles. The molecule has 0 atom stereocenters. The summed E-state index contributed by atoms with van der Waals surface area (Å²) < 4.78 is 0.793. The van der Waals surface area contributed by atoms with Crippen LogP contribution in [-0.4, -0.2) is 5.78 Å². The number of carbonyl (C=O) groups is 1. The minimum atomic E-state index is -0.0857. The van der Waals surface area contributed by atoms with Crippen LogP contribution in [0.15, 0.2) is 47.1 Å². The Balaban J connectivity index is 3.11. The zero-order valence-electron chi connectivity index (χ0n) is 6.38. The van der Waals surface area contributed by atoms with Gasteiger partial charge in [0.05, 0.1) is 0 Å². The van der Waals surface area contributed by atoms with Crippen molar-refractivity contribution < 1.29 is 4.79 Å². The monoisotopic (exact) mass is 222 g/mol. The minimum Gasteiger partial charge on any atom is -0.289 e. The lowest BCUT2D eigenvalue weighted by molar-refractivity contribution is 0.104. The molecule has 0 aliphatic rings. The Labute approximate surface area is 79.5 Å². The molecule has 0 bridgehead atoms. The maximum absolute atomic E-state index is 11.3. The molecule has 0 radical (unpaired) electrons. The molecular formula is C10H7BrO. The number of rotatable bonds is 2. The lowest BCUT2D eigenvalue weighted by Gasteiger charge is -1.96. The molecule has 0 unspecified atom stereocenters. The van der Waals surface area contributed by atoms with Gasteiger partial charge in [-0.05, 0) is 12.1 Å². The predicted octanol–water partition coefficient (Wildman–Crippen LogP) is 2.97. The van der Waals surface area contributed by atoms with Crippen LogP contribution in [0.1, 0.15) is 10.4 Å².